The lowest BCUT2D eigenvalue weighted by Crippen LogP contribution is -2.17. The number of aromatic nitrogens is 3. The molecule has 0 bridgehead atoms. The Balaban J connectivity index is 2.60. The zero-order valence-electron chi connectivity index (χ0n) is 8.57. The van der Waals surface area contributed by atoms with Crippen molar-refractivity contribution in [2.75, 3.05) is 11.6 Å². The Bertz CT molecular complexity index is 372. The molecule has 4 nitrogen and oxygen atoms in total. The molecular weight excluding hydrogens is 234 g/mol. The first-order valence-corrected chi connectivity index (χ1v) is 6.30. The number of H-pyrrole nitrogens is 1. The number of hydrogen-bond acceptors (Lipinski definition) is 3. The molecule has 0 fully saturated rings. The molecule has 1 rings (SSSR count). The van der Waals surface area contributed by atoms with Gasteiger partial charge in [-0.3, -0.25) is 4.57 Å². The molecule has 0 atom stereocenters. The summed E-state index contributed by atoms with van der Waals surface area (Å²) >= 11 is 7.02. The number of nitrogens with one attached hydrogen (secondary N) is 1. The van der Waals surface area contributed by atoms with Crippen LogP contribution in [0.1, 0.15) is 13.3 Å². The summed E-state index contributed by atoms with van der Waals surface area (Å²) in [4.78, 5) is 11.3. The lowest BCUT2D eigenvalue weighted by Gasteiger charge is -2.00. The molecule has 0 amide bonds. The highest BCUT2D eigenvalue weighted by Crippen LogP contribution is 2.13. The molecule has 1 aromatic heterocycles. The van der Waals surface area contributed by atoms with Crippen molar-refractivity contribution in [3.63, 3.8) is 0 Å². The van der Waals surface area contributed by atoms with Gasteiger partial charge in [-0.15, -0.1) is 16.7 Å². The SMILES string of the molecule is CCCn1c(SCC=CCCl)n[nH]c1=O. The average molecular weight is 248 g/mol. The highest BCUT2D eigenvalue weighted by Gasteiger charge is 2.06. The van der Waals surface area contributed by atoms with Crippen LogP contribution in [0, 0.1) is 0 Å². The number of aromatic amines is 1. The van der Waals surface area contributed by atoms with Gasteiger partial charge in [0.05, 0.1) is 0 Å². The zero-order chi connectivity index (χ0) is 11.1. The van der Waals surface area contributed by atoms with Crippen LogP contribution in [0.5, 0.6) is 0 Å². The Morgan fingerprint density at radius 3 is 3.07 bits per heavy atom. The molecule has 0 aliphatic heterocycles. The van der Waals surface area contributed by atoms with Crippen LogP contribution in [0.2, 0.25) is 0 Å². The fourth-order valence-electron chi connectivity index (χ4n) is 1.09. The summed E-state index contributed by atoms with van der Waals surface area (Å²) in [5.74, 6) is 1.30. The van der Waals surface area contributed by atoms with E-state index in [9.17, 15) is 4.79 Å². The molecule has 0 spiro atoms. The van der Waals surface area contributed by atoms with E-state index in [4.69, 9.17) is 11.6 Å². The van der Waals surface area contributed by atoms with Gasteiger partial charge in [0.2, 0.25) is 0 Å². The predicted octanol–water partition coefficient (Wildman–Crippen LogP) is 1.87. The van der Waals surface area contributed by atoms with E-state index >= 15 is 0 Å². The van der Waals surface area contributed by atoms with E-state index in [1.807, 2.05) is 19.1 Å². The van der Waals surface area contributed by atoms with Crippen molar-refractivity contribution < 1.29 is 0 Å². The summed E-state index contributed by atoms with van der Waals surface area (Å²) in [6.07, 6.45) is 4.76. The van der Waals surface area contributed by atoms with Gasteiger partial charge in [-0.25, -0.2) is 9.89 Å². The van der Waals surface area contributed by atoms with Crippen LogP contribution in [0.15, 0.2) is 22.1 Å². The minimum Gasteiger partial charge on any atom is -0.270 e. The lowest BCUT2D eigenvalue weighted by atomic mass is 10.5. The van der Waals surface area contributed by atoms with E-state index in [2.05, 4.69) is 10.2 Å². The Morgan fingerprint density at radius 2 is 2.40 bits per heavy atom. The Morgan fingerprint density at radius 1 is 1.60 bits per heavy atom. The van der Waals surface area contributed by atoms with Gasteiger partial charge in [-0.2, -0.15) is 0 Å². The van der Waals surface area contributed by atoms with Crippen molar-refractivity contribution in [1.82, 2.24) is 14.8 Å². The monoisotopic (exact) mass is 247 g/mol. The fourth-order valence-corrected chi connectivity index (χ4v) is 2.04. The van der Waals surface area contributed by atoms with Crippen LogP contribution in [0.3, 0.4) is 0 Å². The first-order valence-electron chi connectivity index (χ1n) is 4.78. The lowest BCUT2D eigenvalue weighted by molar-refractivity contribution is 0.604. The van der Waals surface area contributed by atoms with Gasteiger partial charge in [0.1, 0.15) is 0 Å². The second-order valence-corrected chi connectivity index (χ2v) is 4.20. The molecule has 0 aliphatic rings. The minimum absolute atomic E-state index is 0.138. The third-order valence-corrected chi connectivity index (χ3v) is 2.84. The van der Waals surface area contributed by atoms with E-state index in [1.54, 1.807) is 4.57 Å². The van der Waals surface area contributed by atoms with Gasteiger partial charge in [0, 0.05) is 18.2 Å². The largest absolute Gasteiger partial charge is 0.343 e. The summed E-state index contributed by atoms with van der Waals surface area (Å²) in [6.45, 7) is 2.73. The molecular formula is C9H14ClN3OS. The van der Waals surface area contributed by atoms with Crippen molar-refractivity contribution in [1.29, 1.82) is 0 Å². The van der Waals surface area contributed by atoms with Crippen molar-refractivity contribution in [2.24, 2.45) is 0 Å². The first kappa shape index (κ1) is 12.4. The highest BCUT2D eigenvalue weighted by molar-refractivity contribution is 7.99. The van der Waals surface area contributed by atoms with E-state index in [1.165, 1.54) is 11.8 Å². The van der Waals surface area contributed by atoms with Gasteiger partial charge in [-0.1, -0.05) is 30.8 Å². The smallest absolute Gasteiger partial charge is 0.270 e. The van der Waals surface area contributed by atoms with Crippen LogP contribution in [0.25, 0.3) is 0 Å². The molecule has 0 aromatic carbocycles. The number of hydrogen-bond donors (Lipinski definition) is 1. The molecule has 0 saturated carbocycles. The Labute approximate surface area is 97.7 Å². The molecule has 0 aliphatic carbocycles. The molecule has 0 saturated heterocycles. The quantitative estimate of drug-likeness (QED) is 0.474. The molecule has 1 aromatic rings. The summed E-state index contributed by atoms with van der Waals surface area (Å²) in [5, 5.41) is 7.14. The van der Waals surface area contributed by atoms with E-state index in [0.717, 1.165) is 17.3 Å². The van der Waals surface area contributed by atoms with Crippen molar-refractivity contribution >= 4 is 23.4 Å². The van der Waals surface area contributed by atoms with Crippen LogP contribution in [-0.4, -0.2) is 26.4 Å². The summed E-state index contributed by atoms with van der Waals surface area (Å²) in [5.41, 5.74) is -0.138. The molecule has 6 heteroatoms. The second kappa shape index (κ2) is 6.74. The number of nitrogens with zero attached hydrogens (tertiary/aromatic N) is 2. The highest BCUT2D eigenvalue weighted by atomic mass is 35.5. The number of allylic oxidation sites excluding steroid dienone is 1. The fraction of sp³-hybridized carbons (Fsp3) is 0.556. The third kappa shape index (κ3) is 3.76. The molecule has 1 heterocycles. The van der Waals surface area contributed by atoms with E-state index < -0.39 is 0 Å². The predicted molar refractivity (Wildman–Crippen MR) is 63.7 cm³/mol. The van der Waals surface area contributed by atoms with Gasteiger partial charge in [0.15, 0.2) is 5.16 Å². The maximum Gasteiger partial charge on any atom is 0.343 e. The summed E-state index contributed by atoms with van der Waals surface area (Å²) in [7, 11) is 0. The van der Waals surface area contributed by atoms with Crippen LogP contribution < -0.4 is 5.69 Å². The summed E-state index contributed by atoms with van der Waals surface area (Å²) < 4.78 is 1.65. The van der Waals surface area contributed by atoms with Gasteiger partial charge in [-0.05, 0) is 6.42 Å². The molecule has 1 N–H and O–H groups in total. The Hall–Kier alpha value is -0.680. The molecule has 84 valence electrons. The van der Waals surface area contributed by atoms with Gasteiger partial charge in [0.25, 0.3) is 0 Å². The maximum absolute atomic E-state index is 11.3. The Kier molecular flexibility index (Phi) is 5.57. The van der Waals surface area contributed by atoms with Crippen LogP contribution in [-0.2, 0) is 6.54 Å². The molecule has 15 heavy (non-hydrogen) atoms. The summed E-state index contributed by atoms with van der Waals surface area (Å²) in [6, 6.07) is 0. The number of thioether (sulfide) groups is 1. The minimum atomic E-state index is -0.138. The van der Waals surface area contributed by atoms with Gasteiger partial charge < -0.3 is 0 Å². The van der Waals surface area contributed by atoms with Crippen LogP contribution in [0.4, 0.5) is 0 Å². The van der Waals surface area contributed by atoms with Crippen LogP contribution >= 0.6 is 23.4 Å². The van der Waals surface area contributed by atoms with E-state index in [0.29, 0.717) is 12.4 Å². The van der Waals surface area contributed by atoms with Crippen molar-refractivity contribution in [2.45, 2.75) is 25.0 Å². The maximum atomic E-state index is 11.3. The van der Waals surface area contributed by atoms with Crippen molar-refractivity contribution in [3.05, 3.63) is 22.6 Å². The van der Waals surface area contributed by atoms with Crippen molar-refractivity contribution in [3.8, 4) is 0 Å². The van der Waals surface area contributed by atoms with Gasteiger partial charge >= 0.3 is 5.69 Å². The topological polar surface area (TPSA) is 50.7 Å². The number of alkyl halides is 1. The molecule has 0 unspecified atom stereocenters. The second-order valence-electron chi connectivity index (χ2n) is 2.90. The molecule has 0 radical (unpaired) electrons. The third-order valence-electron chi connectivity index (χ3n) is 1.73. The first-order chi connectivity index (χ1) is 7.29. The zero-order valence-corrected chi connectivity index (χ0v) is 10.1. The standard InChI is InChI=1S/C9H14ClN3OS/c1-2-6-13-8(14)11-12-9(13)15-7-4-3-5-10/h3-4H,2,5-7H2,1H3,(H,11,14). The van der Waals surface area contributed by atoms with E-state index in [-0.39, 0.29) is 5.69 Å². The number of halogens is 1. The number of rotatable bonds is 6. The average Bonchev–Trinajstić information content (AvgIpc) is 2.57. The normalized spacial score (nSPS) is 11.3.